The summed E-state index contributed by atoms with van der Waals surface area (Å²) in [7, 11) is 0. The summed E-state index contributed by atoms with van der Waals surface area (Å²) in [5.74, 6) is 1.59. The third-order valence-corrected chi connectivity index (χ3v) is 4.74. The van der Waals surface area contributed by atoms with Crippen LogP contribution in [-0.2, 0) is 4.79 Å². The molecule has 4 aromatic rings. The Labute approximate surface area is 188 Å². The number of benzene rings is 4. The number of para-hydroxylation sites is 2. The van der Waals surface area contributed by atoms with E-state index in [1.54, 1.807) is 19.1 Å². The van der Waals surface area contributed by atoms with Crippen molar-refractivity contribution in [2.45, 2.75) is 6.92 Å². The summed E-state index contributed by atoms with van der Waals surface area (Å²) in [4.78, 5) is 13.9. The molecule has 0 aromatic heterocycles. The maximum atomic E-state index is 11.8. The second kappa shape index (κ2) is 9.67. The Morgan fingerprint density at radius 1 is 0.625 bits per heavy atom. The first-order chi connectivity index (χ1) is 15.6. The zero-order valence-electron chi connectivity index (χ0n) is 17.8. The number of carbonyl (C=O) groups is 1. The monoisotopic (exact) mass is 421 g/mol. The molecule has 0 unspecified atom stereocenters. The van der Waals surface area contributed by atoms with Crippen LogP contribution in [0.4, 0.5) is 17.1 Å². The Balaban J connectivity index is 1.62. The lowest BCUT2D eigenvalue weighted by molar-refractivity contribution is -0.130. The highest BCUT2D eigenvalue weighted by atomic mass is 16.5. The molecule has 4 aromatic carbocycles. The maximum absolute atomic E-state index is 11.8. The summed E-state index contributed by atoms with van der Waals surface area (Å²) in [5.41, 5.74) is 3.28. The molecule has 32 heavy (non-hydrogen) atoms. The number of ether oxygens (including phenoxy) is 2. The predicted octanol–water partition coefficient (Wildman–Crippen LogP) is 7.43. The normalized spacial score (nSPS) is 10.3. The lowest BCUT2D eigenvalue weighted by Gasteiger charge is -2.25. The van der Waals surface area contributed by atoms with Crippen molar-refractivity contribution in [1.82, 2.24) is 0 Å². The molecule has 0 radical (unpaired) electrons. The molecule has 0 N–H and O–H groups in total. The van der Waals surface area contributed by atoms with Crippen LogP contribution in [0.1, 0.15) is 6.92 Å². The lowest BCUT2D eigenvalue weighted by Crippen LogP contribution is -2.10. The number of nitrogens with zero attached hydrogens (tertiary/aromatic N) is 1. The molecule has 0 aliphatic heterocycles. The number of rotatable bonds is 7. The smallest absolute Gasteiger partial charge is 0.338 e. The van der Waals surface area contributed by atoms with Gasteiger partial charge in [0.2, 0.25) is 0 Å². The highest BCUT2D eigenvalue weighted by molar-refractivity contribution is 5.89. The van der Waals surface area contributed by atoms with E-state index < -0.39 is 5.97 Å². The van der Waals surface area contributed by atoms with Gasteiger partial charge in [-0.1, -0.05) is 43.0 Å². The first kappa shape index (κ1) is 20.9. The van der Waals surface area contributed by atoms with Gasteiger partial charge in [-0.15, -0.1) is 0 Å². The van der Waals surface area contributed by atoms with E-state index in [9.17, 15) is 4.79 Å². The van der Waals surface area contributed by atoms with E-state index in [2.05, 4.69) is 11.5 Å². The fourth-order valence-corrected chi connectivity index (χ4v) is 3.17. The van der Waals surface area contributed by atoms with E-state index in [0.29, 0.717) is 11.3 Å². The Morgan fingerprint density at radius 2 is 1.06 bits per heavy atom. The standard InChI is InChI=1S/C28H23NO3/c1-21(2)28(30)32-27-19-15-24(16-20-27)29(22-9-5-3-6-10-22)23-13-17-26(18-14-23)31-25-11-7-4-8-12-25/h3-20H,1H2,2H3. The van der Waals surface area contributed by atoms with E-state index in [1.165, 1.54) is 0 Å². The van der Waals surface area contributed by atoms with E-state index >= 15 is 0 Å². The van der Waals surface area contributed by atoms with Gasteiger partial charge in [0.25, 0.3) is 0 Å². The van der Waals surface area contributed by atoms with Crippen LogP contribution in [0.25, 0.3) is 0 Å². The Morgan fingerprint density at radius 3 is 1.59 bits per heavy atom. The molecule has 4 rings (SSSR count). The van der Waals surface area contributed by atoms with Crippen LogP contribution in [-0.4, -0.2) is 5.97 Å². The lowest BCUT2D eigenvalue weighted by atomic mass is 10.2. The largest absolute Gasteiger partial charge is 0.457 e. The van der Waals surface area contributed by atoms with Gasteiger partial charge in [-0.3, -0.25) is 0 Å². The molecular formula is C28H23NO3. The topological polar surface area (TPSA) is 38.8 Å². The molecular weight excluding hydrogens is 398 g/mol. The minimum Gasteiger partial charge on any atom is -0.457 e. The quantitative estimate of drug-likeness (QED) is 0.177. The molecule has 0 amide bonds. The second-order valence-corrected chi connectivity index (χ2v) is 7.24. The number of hydrogen-bond donors (Lipinski definition) is 0. The molecule has 0 bridgehead atoms. The second-order valence-electron chi connectivity index (χ2n) is 7.24. The molecule has 4 nitrogen and oxygen atoms in total. The predicted molar refractivity (Wildman–Crippen MR) is 128 cm³/mol. The van der Waals surface area contributed by atoms with Crippen LogP contribution in [0.15, 0.2) is 121 Å². The summed E-state index contributed by atoms with van der Waals surface area (Å²) in [6.07, 6.45) is 0. The zero-order valence-corrected chi connectivity index (χ0v) is 17.8. The van der Waals surface area contributed by atoms with E-state index in [-0.39, 0.29) is 0 Å². The van der Waals surface area contributed by atoms with Gasteiger partial charge in [0, 0.05) is 22.6 Å². The third-order valence-electron chi connectivity index (χ3n) is 4.74. The summed E-state index contributed by atoms with van der Waals surface area (Å²) in [6, 6.07) is 35.1. The van der Waals surface area contributed by atoms with Crippen molar-refractivity contribution >= 4 is 23.0 Å². The van der Waals surface area contributed by atoms with Gasteiger partial charge < -0.3 is 14.4 Å². The molecule has 0 aliphatic rings. The summed E-state index contributed by atoms with van der Waals surface area (Å²) >= 11 is 0. The SMILES string of the molecule is C=C(C)C(=O)Oc1ccc(N(c2ccccc2)c2ccc(Oc3ccccc3)cc2)cc1. The molecule has 0 heterocycles. The number of anilines is 3. The molecule has 0 saturated carbocycles. The fraction of sp³-hybridized carbons (Fsp3) is 0.0357. The van der Waals surface area contributed by atoms with Crippen LogP contribution in [0.5, 0.6) is 17.2 Å². The van der Waals surface area contributed by atoms with Crippen molar-refractivity contribution in [2.75, 3.05) is 4.90 Å². The Kier molecular flexibility index (Phi) is 6.33. The van der Waals surface area contributed by atoms with Crippen LogP contribution < -0.4 is 14.4 Å². The van der Waals surface area contributed by atoms with E-state index in [0.717, 1.165) is 28.6 Å². The first-order valence-electron chi connectivity index (χ1n) is 10.3. The number of esters is 1. The van der Waals surface area contributed by atoms with Crippen molar-refractivity contribution in [3.63, 3.8) is 0 Å². The Hall–Kier alpha value is -4.31. The zero-order chi connectivity index (χ0) is 22.3. The van der Waals surface area contributed by atoms with Crippen molar-refractivity contribution in [1.29, 1.82) is 0 Å². The van der Waals surface area contributed by atoms with Crippen LogP contribution >= 0.6 is 0 Å². The molecule has 0 aliphatic carbocycles. The maximum Gasteiger partial charge on any atom is 0.338 e. The average Bonchev–Trinajstić information content (AvgIpc) is 2.83. The fourth-order valence-electron chi connectivity index (χ4n) is 3.17. The van der Waals surface area contributed by atoms with Crippen molar-refractivity contribution in [3.8, 4) is 17.2 Å². The van der Waals surface area contributed by atoms with Crippen LogP contribution in [0.2, 0.25) is 0 Å². The highest BCUT2D eigenvalue weighted by Crippen LogP contribution is 2.36. The molecule has 4 heteroatoms. The summed E-state index contributed by atoms with van der Waals surface area (Å²) in [6.45, 7) is 5.24. The first-order valence-corrected chi connectivity index (χ1v) is 10.3. The molecule has 0 fully saturated rings. The Bertz CT molecular complexity index is 1190. The van der Waals surface area contributed by atoms with Crippen molar-refractivity contribution in [2.24, 2.45) is 0 Å². The number of hydrogen-bond acceptors (Lipinski definition) is 4. The van der Waals surface area contributed by atoms with Gasteiger partial charge in [0.15, 0.2) is 0 Å². The average molecular weight is 421 g/mol. The van der Waals surface area contributed by atoms with Crippen molar-refractivity contribution < 1.29 is 14.3 Å². The van der Waals surface area contributed by atoms with Crippen LogP contribution in [0.3, 0.4) is 0 Å². The molecule has 0 spiro atoms. The van der Waals surface area contributed by atoms with Gasteiger partial charge in [-0.25, -0.2) is 4.79 Å². The van der Waals surface area contributed by atoms with Gasteiger partial charge in [0.1, 0.15) is 17.2 Å². The minimum atomic E-state index is -0.438. The van der Waals surface area contributed by atoms with Gasteiger partial charge >= 0.3 is 5.97 Å². The van der Waals surface area contributed by atoms with E-state index in [4.69, 9.17) is 9.47 Å². The number of carbonyl (C=O) groups excluding carboxylic acids is 1. The summed E-state index contributed by atoms with van der Waals surface area (Å²) in [5, 5.41) is 0. The minimum absolute atomic E-state index is 0.359. The van der Waals surface area contributed by atoms with Gasteiger partial charge in [0.05, 0.1) is 0 Å². The third kappa shape index (κ3) is 5.05. The summed E-state index contributed by atoms with van der Waals surface area (Å²) < 4.78 is 11.2. The molecule has 158 valence electrons. The molecule has 0 atom stereocenters. The van der Waals surface area contributed by atoms with Crippen molar-refractivity contribution in [3.05, 3.63) is 121 Å². The van der Waals surface area contributed by atoms with Crippen LogP contribution in [0, 0.1) is 0 Å². The molecule has 0 saturated heterocycles. The van der Waals surface area contributed by atoms with Gasteiger partial charge in [-0.05, 0) is 79.7 Å². The van der Waals surface area contributed by atoms with E-state index in [1.807, 2.05) is 97.1 Å². The van der Waals surface area contributed by atoms with Gasteiger partial charge in [-0.2, -0.15) is 0 Å². The highest BCUT2D eigenvalue weighted by Gasteiger charge is 2.13.